The molecule has 92 valence electrons. The summed E-state index contributed by atoms with van der Waals surface area (Å²) in [7, 11) is -4.94. The molecule has 2 rings (SSSR count). The predicted octanol–water partition coefficient (Wildman–Crippen LogP) is -0.841. The van der Waals surface area contributed by atoms with Crippen LogP contribution in [0.5, 0.6) is 0 Å². The van der Waals surface area contributed by atoms with Gasteiger partial charge in [-0.1, -0.05) is 15.9 Å². The van der Waals surface area contributed by atoms with Crippen molar-refractivity contribution in [2.24, 2.45) is 0 Å². The van der Waals surface area contributed by atoms with E-state index in [-0.39, 0.29) is 0 Å². The molecule has 0 saturated heterocycles. The fourth-order valence-electron chi connectivity index (χ4n) is 0.871. The summed E-state index contributed by atoms with van der Waals surface area (Å²) in [6.45, 7) is 0. The van der Waals surface area contributed by atoms with Crippen LogP contribution < -0.4 is 18.6 Å². The van der Waals surface area contributed by atoms with Crippen molar-refractivity contribution in [3.63, 3.8) is 0 Å². The summed E-state index contributed by atoms with van der Waals surface area (Å²) in [5, 5.41) is 1.09. The average molecular weight is 359 g/mol. The lowest BCUT2D eigenvalue weighted by Crippen LogP contribution is -2.68. The third-order valence-electron chi connectivity index (χ3n) is 1.43. The van der Waals surface area contributed by atoms with E-state index < -0.39 is 10.2 Å². The molecule has 0 spiro atoms. The van der Waals surface area contributed by atoms with Crippen molar-refractivity contribution < 1.29 is 28.9 Å². The van der Waals surface area contributed by atoms with Gasteiger partial charge in [-0.15, -0.1) is 10.2 Å². The zero-order chi connectivity index (χ0) is 12.9. The molecule has 2 aromatic rings. The normalized spacial score (nSPS) is 10.6. The van der Waals surface area contributed by atoms with E-state index in [9.17, 15) is 0 Å². The third kappa shape index (κ3) is 6.96. The smallest absolute Gasteiger partial charge is 0.222 e. The number of benzene rings is 1. The number of nitrogens with zero attached hydrogens (tertiary/aromatic N) is 1. The maximum absolute atomic E-state index is 8.49. The van der Waals surface area contributed by atoms with E-state index in [0.29, 0.717) is 0 Å². The summed E-state index contributed by atoms with van der Waals surface area (Å²) in [6, 6.07) is 8.19. The van der Waals surface area contributed by atoms with Crippen LogP contribution in [0.15, 0.2) is 33.4 Å². The molecule has 0 radical (unpaired) electrons. The first kappa shape index (κ1) is 14.9. The van der Waals surface area contributed by atoms with Crippen molar-refractivity contribution in [3.8, 4) is 10.6 Å². The molecule has 0 N–H and O–H groups in total. The first-order chi connectivity index (χ1) is 7.86. The predicted molar refractivity (Wildman–Crippen MR) is 57.5 cm³/mol. The second-order valence-electron chi connectivity index (χ2n) is 2.60. The minimum atomic E-state index is -4.94. The standard InChI is InChI=1S/C8H5BrNS2.ClHO4/c9-7-3-1-6(2-4-7)8-10-12-5-11-8;2-1(3,4)5/h1-5H;(H,2,3,4,5)/q+1;/p-1. The van der Waals surface area contributed by atoms with Gasteiger partial charge in [-0.3, -0.25) is 0 Å². The Labute approximate surface area is 116 Å². The first-order valence-electron chi connectivity index (χ1n) is 3.96. The zero-order valence-electron chi connectivity index (χ0n) is 8.04. The third-order valence-corrected chi connectivity index (χ3v) is 3.64. The molecule has 0 bridgehead atoms. The summed E-state index contributed by atoms with van der Waals surface area (Å²) < 4.78 is 41.4. The van der Waals surface area contributed by atoms with E-state index in [1.54, 1.807) is 11.3 Å². The van der Waals surface area contributed by atoms with E-state index in [4.69, 9.17) is 18.6 Å². The Kier molecular flexibility index (Phi) is 5.83. The van der Waals surface area contributed by atoms with Crippen LogP contribution in [-0.4, -0.2) is 4.37 Å². The lowest BCUT2D eigenvalue weighted by Gasteiger charge is -2.17. The second-order valence-corrected chi connectivity index (χ2v) is 6.06. The van der Waals surface area contributed by atoms with Gasteiger partial charge in [0, 0.05) is 10.0 Å². The number of hydrogen-bond donors (Lipinski definition) is 0. The quantitative estimate of drug-likeness (QED) is 0.618. The summed E-state index contributed by atoms with van der Waals surface area (Å²) in [4.78, 5) is 0. The largest absolute Gasteiger partial charge is 0.268 e. The molecule has 1 aromatic heterocycles. The Morgan fingerprint density at radius 1 is 1.12 bits per heavy atom. The molecule has 0 fully saturated rings. The van der Waals surface area contributed by atoms with Crippen LogP contribution in [0.25, 0.3) is 10.6 Å². The molecule has 0 aliphatic heterocycles. The van der Waals surface area contributed by atoms with Crippen LogP contribution in [0.4, 0.5) is 0 Å². The Morgan fingerprint density at radius 3 is 2.06 bits per heavy atom. The van der Waals surface area contributed by atoms with Gasteiger partial charge in [0.05, 0.1) is 0 Å². The van der Waals surface area contributed by atoms with E-state index >= 15 is 0 Å². The van der Waals surface area contributed by atoms with E-state index in [1.807, 2.05) is 16.8 Å². The lowest BCUT2D eigenvalue weighted by molar-refractivity contribution is -2.00. The highest BCUT2D eigenvalue weighted by Crippen LogP contribution is 2.24. The van der Waals surface area contributed by atoms with Gasteiger partial charge in [0.25, 0.3) is 9.70 Å². The van der Waals surface area contributed by atoms with E-state index in [2.05, 4.69) is 32.4 Å². The lowest BCUT2D eigenvalue weighted by atomic mass is 10.2. The minimum absolute atomic E-state index is 1.09. The zero-order valence-corrected chi connectivity index (χ0v) is 12.0. The number of hydrogen-bond acceptors (Lipinski definition) is 6. The molecular formula is C8H5BrClNO4S2. The molecule has 1 aromatic carbocycles. The van der Waals surface area contributed by atoms with Crippen molar-refractivity contribution in [3.05, 3.63) is 33.4 Å². The minimum Gasteiger partial charge on any atom is -0.222 e. The maximum atomic E-state index is 8.49. The van der Waals surface area contributed by atoms with Crippen LogP contribution in [0.3, 0.4) is 0 Å². The Balaban J connectivity index is 0.000000249. The highest BCUT2D eigenvalue weighted by molar-refractivity contribution is 9.10. The molecule has 5 nitrogen and oxygen atoms in total. The average Bonchev–Trinajstić information content (AvgIpc) is 2.69. The fourth-order valence-corrected chi connectivity index (χ4v) is 2.62. The van der Waals surface area contributed by atoms with Gasteiger partial charge in [0.15, 0.2) is 0 Å². The number of rotatable bonds is 1. The Bertz CT molecular complexity index is 440. The van der Waals surface area contributed by atoms with Gasteiger partial charge in [-0.2, -0.15) is 0 Å². The second kappa shape index (κ2) is 6.66. The van der Waals surface area contributed by atoms with Crippen LogP contribution in [-0.2, 0) is 0 Å². The van der Waals surface area contributed by atoms with Crippen molar-refractivity contribution in [1.82, 2.24) is 4.37 Å². The molecule has 0 amide bonds. The first-order valence-corrected chi connectivity index (χ1v) is 7.70. The number of halogens is 2. The topological polar surface area (TPSA) is 105 Å². The fraction of sp³-hybridized carbons (Fsp3) is 0. The molecule has 1 heterocycles. The molecule has 0 saturated carbocycles. The van der Waals surface area contributed by atoms with Gasteiger partial charge in [0.2, 0.25) is 11.5 Å². The SMILES string of the molecule is Brc1ccc(-c2nsc[s+]2)cc1.[O-][Cl+3]([O-])([O-])[O-]. The van der Waals surface area contributed by atoms with Crippen molar-refractivity contribution in [2.75, 3.05) is 0 Å². The summed E-state index contributed by atoms with van der Waals surface area (Å²) in [6.07, 6.45) is 0. The molecular weight excluding hydrogens is 354 g/mol. The summed E-state index contributed by atoms with van der Waals surface area (Å²) in [5.41, 5.74) is 1.18. The van der Waals surface area contributed by atoms with Crippen LogP contribution in [0, 0.1) is 10.2 Å². The van der Waals surface area contributed by atoms with Crippen LogP contribution >= 0.6 is 38.8 Å². The van der Waals surface area contributed by atoms with Crippen molar-refractivity contribution >= 4 is 38.8 Å². The van der Waals surface area contributed by atoms with Gasteiger partial charge >= 0.3 is 0 Å². The molecule has 17 heavy (non-hydrogen) atoms. The van der Waals surface area contributed by atoms with E-state index in [0.717, 1.165) is 9.48 Å². The summed E-state index contributed by atoms with van der Waals surface area (Å²) in [5.74, 6) is 0. The van der Waals surface area contributed by atoms with E-state index in [1.165, 1.54) is 17.1 Å². The van der Waals surface area contributed by atoms with Crippen molar-refractivity contribution in [1.29, 1.82) is 0 Å². The van der Waals surface area contributed by atoms with Crippen LogP contribution in [0.1, 0.15) is 0 Å². The van der Waals surface area contributed by atoms with Gasteiger partial charge in [0.1, 0.15) is 11.3 Å². The molecule has 0 aliphatic rings. The van der Waals surface area contributed by atoms with Crippen LogP contribution in [0.2, 0.25) is 0 Å². The highest BCUT2D eigenvalue weighted by atomic mass is 79.9. The maximum Gasteiger partial charge on any atom is 0.268 e. The van der Waals surface area contributed by atoms with Gasteiger partial charge < -0.3 is 0 Å². The number of aromatic nitrogens is 1. The Morgan fingerprint density at radius 2 is 1.65 bits per heavy atom. The molecule has 9 heteroatoms. The van der Waals surface area contributed by atoms with Gasteiger partial charge in [-0.25, -0.2) is 18.6 Å². The molecule has 0 aliphatic carbocycles. The summed E-state index contributed by atoms with van der Waals surface area (Å²) >= 11 is 6.56. The molecule has 0 atom stereocenters. The van der Waals surface area contributed by atoms with Gasteiger partial charge in [-0.05, 0) is 28.6 Å². The molecule has 0 unspecified atom stereocenters. The van der Waals surface area contributed by atoms with Crippen molar-refractivity contribution in [2.45, 2.75) is 0 Å². The highest BCUT2D eigenvalue weighted by Gasteiger charge is 2.07. The Hall–Kier alpha value is -0.190. The monoisotopic (exact) mass is 357 g/mol.